The number of nitrogens with two attached hydrogens (primary N) is 1. The minimum atomic E-state index is -0.676. The second-order valence-electron chi connectivity index (χ2n) is 3.29. The number of phenols is 1. The lowest BCUT2D eigenvalue weighted by molar-refractivity contribution is 0.422. The van der Waals surface area contributed by atoms with E-state index in [0.29, 0.717) is 5.56 Å². The van der Waals surface area contributed by atoms with Crippen molar-refractivity contribution in [1.29, 1.82) is 0 Å². The van der Waals surface area contributed by atoms with E-state index >= 15 is 0 Å². The van der Waals surface area contributed by atoms with Gasteiger partial charge in [0, 0.05) is 10.4 Å². The van der Waals surface area contributed by atoms with E-state index < -0.39 is 17.6 Å². The molecule has 1 aromatic heterocycles. The SMILES string of the molecule is Cl.N[C@H](c1cccs1)c1ccc(Br)c(F)c1O. The Bertz CT molecular complexity index is 506. The molecule has 2 aromatic rings. The molecule has 1 atom stereocenters. The summed E-state index contributed by atoms with van der Waals surface area (Å²) in [5, 5.41) is 11.6. The molecule has 0 fully saturated rings. The highest BCUT2D eigenvalue weighted by atomic mass is 79.9. The van der Waals surface area contributed by atoms with Gasteiger partial charge in [-0.2, -0.15) is 0 Å². The zero-order chi connectivity index (χ0) is 11.7. The molecule has 0 aliphatic rings. The second-order valence-corrected chi connectivity index (χ2v) is 5.13. The normalized spacial score (nSPS) is 11.9. The summed E-state index contributed by atoms with van der Waals surface area (Å²) < 4.78 is 13.7. The maximum absolute atomic E-state index is 13.4. The summed E-state index contributed by atoms with van der Waals surface area (Å²) in [5.74, 6) is -1.07. The van der Waals surface area contributed by atoms with E-state index in [1.165, 1.54) is 17.4 Å². The third-order valence-electron chi connectivity index (χ3n) is 2.29. The first-order valence-electron chi connectivity index (χ1n) is 4.57. The van der Waals surface area contributed by atoms with Crippen molar-refractivity contribution < 1.29 is 9.50 Å². The van der Waals surface area contributed by atoms with Crippen molar-refractivity contribution in [3.8, 4) is 5.75 Å². The zero-order valence-electron chi connectivity index (χ0n) is 8.56. The summed E-state index contributed by atoms with van der Waals surface area (Å²) in [6, 6.07) is 6.38. The monoisotopic (exact) mass is 337 g/mol. The number of benzene rings is 1. The molecule has 3 N–H and O–H groups in total. The lowest BCUT2D eigenvalue weighted by Crippen LogP contribution is -2.10. The quantitative estimate of drug-likeness (QED) is 0.874. The molecule has 17 heavy (non-hydrogen) atoms. The van der Waals surface area contributed by atoms with Crippen molar-refractivity contribution in [3.05, 3.63) is 50.4 Å². The molecular weight excluding hydrogens is 329 g/mol. The number of aromatic hydroxyl groups is 1. The molecule has 0 bridgehead atoms. The van der Waals surface area contributed by atoms with Gasteiger partial charge in [-0.1, -0.05) is 12.1 Å². The molecule has 2 nitrogen and oxygen atoms in total. The fraction of sp³-hybridized carbons (Fsp3) is 0.0909. The van der Waals surface area contributed by atoms with Crippen molar-refractivity contribution in [1.82, 2.24) is 0 Å². The molecule has 2 rings (SSSR count). The standard InChI is InChI=1S/C11H9BrFNOS.ClH/c12-7-4-3-6(11(15)9(7)13)10(14)8-2-1-5-16-8;/h1-5,10,15H,14H2;1H/t10-;/m0./s1. The van der Waals surface area contributed by atoms with Crippen LogP contribution in [0.15, 0.2) is 34.1 Å². The minimum absolute atomic E-state index is 0. The Morgan fingerprint density at radius 3 is 2.65 bits per heavy atom. The van der Waals surface area contributed by atoms with Gasteiger partial charge in [-0.15, -0.1) is 23.7 Å². The van der Waals surface area contributed by atoms with Gasteiger partial charge in [0.05, 0.1) is 10.5 Å². The van der Waals surface area contributed by atoms with Crippen LogP contribution in [-0.4, -0.2) is 5.11 Å². The fourth-order valence-electron chi connectivity index (χ4n) is 1.43. The van der Waals surface area contributed by atoms with E-state index in [2.05, 4.69) is 15.9 Å². The highest BCUT2D eigenvalue weighted by Crippen LogP contribution is 2.34. The predicted molar refractivity (Wildman–Crippen MR) is 73.4 cm³/mol. The number of hydrogen-bond acceptors (Lipinski definition) is 3. The molecule has 1 aromatic carbocycles. The minimum Gasteiger partial charge on any atom is -0.505 e. The van der Waals surface area contributed by atoms with Crippen molar-refractivity contribution in [2.75, 3.05) is 0 Å². The first-order chi connectivity index (χ1) is 7.61. The van der Waals surface area contributed by atoms with Crippen molar-refractivity contribution >= 4 is 39.7 Å². The molecule has 0 unspecified atom stereocenters. The molecule has 0 aliphatic carbocycles. The third-order valence-corrected chi connectivity index (χ3v) is 3.85. The van der Waals surface area contributed by atoms with Gasteiger partial charge in [-0.3, -0.25) is 0 Å². The van der Waals surface area contributed by atoms with Crippen molar-refractivity contribution in [3.63, 3.8) is 0 Å². The number of phenolic OH excluding ortho intramolecular Hbond substituents is 1. The predicted octanol–water partition coefficient (Wildman–Crippen LogP) is 3.83. The first kappa shape index (κ1) is 14.4. The number of halogens is 3. The van der Waals surface area contributed by atoms with E-state index in [9.17, 15) is 9.50 Å². The van der Waals surface area contributed by atoms with E-state index in [0.717, 1.165) is 4.88 Å². The maximum atomic E-state index is 13.4. The van der Waals surface area contributed by atoms with Crippen LogP contribution in [-0.2, 0) is 0 Å². The zero-order valence-corrected chi connectivity index (χ0v) is 11.8. The highest BCUT2D eigenvalue weighted by molar-refractivity contribution is 9.10. The van der Waals surface area contributed by atoms with Gasteiger partial charge in [0.2, 0.25) is 0 Å². The summed E-state index contributed by atoms with van der Waals surface area (Å²) in [6.07, 6.45) is 0. The van der Waals surface area contributed by atoms with Gasteiger partial charge >= 0.3 is 0 Å². The Labute approximate surface area is 117 Å². The lowest BCUT2D eigenvalue weighted by atomic mass is 10.1. The molecule has 0 aliphatic heterocycles. The van der Waals surface area contributed by atoms with Gasteiger partial charge in [-0.05, 0) is 33.4 Å². The Morgan fingerprint density at radius 1 is 1.35 bits per heavy atom. The van der Waals surface area contributed by atoms with Crippen LogP contribution in [0.3, 0.4) is 0 Å². The van der Waals surface area contributed by atoms with Crippen LogP contribution in [0.5, 0.6) is 5.75 Å². The van der Waals surface area contributed by atoms with Gasteiger partial charge in [-0.25, -0.2) is 4.39 Å². The average molecular weight is 339 g/mol. The third kappa shape index (κ3) is 2.80. The van der Waals surface area contributed by atoms with Crippen LogP contribution in [0.25, 0.3) is 0 Å². The topological polar surface area (TPSA) is 46.2 Å². The van der Waals surface area contributed by atoms with Crippen LogP contribution in [0.2, 0.25) is 0 Å². The number of hydrogen-bond donors (Lipinski definition) is 2. The van der Waals surface area contributed by atoms with Crippen LogP contribution in [0, 0.1) is 5.82 Å². The van der Waals surface area contributed by atoms with Crippen LogP contribution >= 0.6 is 39.7 Å². The van der Waals surface area contributed by atoms with Crippen LogP contribution < -0.4 is 5.73 Å². The summed E-state index contributed by atoms with van der Waals surface area (Å²) in [5.41, 5.74) is 6.34. The second kappa shape index (κ2) is 5.82. The molecule has 0 radical (unpaired) electrons. The van der Waals surface area contributed by atoms with Gasteiger partial charge < -0.3 is 10.8 Å². The smallest absolute Gasteiger partial charge is 0.179 e. The molecule has 0 amide bonds. The maximum Gasteiger partial charge on any atom is 0.179 e. The van der Waals surface area contributed by atoms with E-state index in [4.69, 9.17) is 5.73 Å². The number of rotatable bonds is 2. The largest absolute Gasteiger partial charge is 0.505 e. The molecule has 0 spiro atoms. The van der Waals surface area contributed by atoms with Gasteiger partial charge in [0.1, 0.15) is 0 Å². The van der Waals surface area contributed by atoms with Gasteiger partial charge in [0.15, 0.2) is 11.6 Å². The Morgan fingerprint density at radius 2 is 2.06 bits per heavy atom. The summed E-state index contributed by atoms with van der Waals surface area (Å²) in [4.78, 5) is 0.886. The molecule has 0 saturated carbocycles. The molecule has 1 heterocycles. The number of thiophene rings is 1. The van der Waals surface area contributed by atoms with E-state index in [-0.39, 0.29) is 16.9 Å². The molecule has 0 saturated heterocycles. The van der Waals surface area contributed by atoms with Crippen molar-refractivity contribution in [2.45, 2.75) is 6.04 Å². The fourth-order valence-corrected chi connectivity index (χ4v) is 2.49. The summed E-state index contributed by atoms with van der Waals surface area (Å²) in [6.45, 7) is 0. The van der Waals surface area contributed by atoms with Gasteiger partial charge in [0.25, 0.3) is 0 Å². The Kier molecular flexibility index (Phi) is 4.94. The van der Waals surface area contributed by atoms with Crippen molar-refractivity contribution in [2.24, 2.45) is 5.73 Å². The molecular formula is C11H10BrClFNOS. The summed E-state index contributed by atoms with van der Waals surface area (Å²) >= 11 is 4.48. The van der Waals surface area contributed by atoms with E-state index in [1.807, 2.05) is 17.5 Å². The average Bonchev–Trinajstić information content (AvgIpc) is 2.79. The first-order valence-corrected chi connectivity index (χ1v) is 6.24. The summed E-state index contributed by atoms with van der Waals surface area (Å²) in [7, 11) is 0. The van der Waals surface area contributed by atoms with Crippen LogP contribution in [0.4, 0.5) is 4.39 Å². The Balaban J connectivity index is 0.00000144. The highest BCUT2D eigenvalue weighted by Gasteiger charge is 2.18. The van der Waals surface area contributed by atoms with E-state index in [1.54, 1.807) is 6.07 Å². The molecule has 6 heteroatoms. The van der Waals surface area contributed by atoms with Crippen LogP contribution in [0.1, 0.15) is 16.5 Å². The lowest BCUT2D eigenvalue weighted by Gasteiger charge is -2.12. The Hall–Kier alpha value is -0.620. The molecule has 92 valence electrons.